The van der Waals surface area contributed by atoms with Crippen LogP contribution in [0.25, 0.3) is 11.3 Å². The molecule has 0 saturated carbocycles. The molecule has 7 nitrogen and oxygen atoms in total. The lowest BCUT2D eigenvalue weighted by atomic mass is 9.95. The van der Waals surface area contributed by atoms with E-state index >= 15 is 0 Å². The zero-order valence-electron chi connectivity index (χ0n) is 16.8. The number of nitrogens with one attached hydrogen (secondary N) is 3. The van der Waals surface area contributed by atoms with E-state index in [-0.39, 0.29) is 18.3 Å². The van der Waals surface area contributed by atoms with Crippen molar-refractivity contribution in [2.24, 2.45) is 0 Å². The van der Waals surface area contributed by atoms with E-state index in [4.69, 9.17) is 4.74 Å². The number of H-pyrrole nitrogens is 1. The standard InChI is InChI=1S/C23H24N4O3/c1-2-30-14-20(29)27-19-13-15(11-12-24-19)22-23(25-16-7-4-3-5-8-16)21-17(26-22)9-6-10-18(21)28/h3-5,7-8,11-13,25-26H,2,6,9-10,14H2,1H3,(H,24,27,29). The van der Waals surface area contributed by atoms with Crippen molar-refractivity contribution < 1.29 is 14.3 Å². The van der Waals surface area contributed by atoms with Crippen molar-refractivity contribution in [3.05, 3.63) is 59.9 Å². The van der Waals surface area contributed by atoms with Crippen LogP contribution >= 0.6 is 0 Å². The van der Waals surface area contributed by atoms with E-state index in [0.29, 0.717) is 18.8 Å². The lowest BCUT2D eigenvalue weighted by molar-refractivity contribution is -0.120. The fourth-order valence-electron chi connectivity index (χ4n) is 3.63. The maximum Gasteiger partial charge on any atom is 0.251 e. The molecule has 0 spiro atoms. The molecule has 3 aromatic rings. The molecule has 30 heavy (non-hydrogen) atoms. The van der Waals surface area contributed by atoms with Crippen LogP contribution in [0.1, 0.15) is 35.8 Å². The summed E-state index contributed by atoms with van der Waals surface area (Å²) >= 11 is 0. The number of rotatable bonds is 7. The van der Waals surface area contributed by atoms with Gasteiger partial charge in [-0.2, -0.15) is 0 Å². The lowest BCUT2D eigenvalue weighted by Crippen LogP contribution is -2.18. The number of pyridine rings is 1. The number of hydrogen-bond acceptors (Lipinski definition) is 5. The maximum absolute atomic E-state index is 12.7. The second-order valence-corrected chi connectivity index (χ2v) is 7.11. The SMILES string of the molecule is CCOCC(=O)Nc1cc(-c2[nH]c3c(c2Nc2ccccc2)C(=O)CCC3)ccn1. The van der Waals surface area contributed by atoms with Gasteiger partial charge in [0, 0.05) is 36.2 Å². The highest BCUT2D eigenvalue weighted by atomic mass is 16.5. The molecule has 3 N–H and O–H groups in total. The number of amides is 1. The Hall–Kier alpha value is -3.45. The van der Waals surface area contributed by atoms with Gasteiger partial charge in [-0.1, -0.05) is 18.2 Å². The van der Waals surface area contributed by atoms with Gasteiger partial charge in [-0.05, 0) is 44.0 Å². The summed E-state index contributed by atoms with van der Waals surface area (Å²) in [6.45, 7) is 2.29. The number of ketones is 1. The first-order valence-electron chi connectivity index (χ1n) is 10.1. The first kappa shape index (κ1) is 19.8. The predicted octanol–water partition coefficient (Wildman–Crippen LogP) is 4.31. The van der Waals surface area contributed by atoms with E-state index in [2.05, 4.69) is 20.6 Å². The molecule has 0 saturated heterocycles. The number of carbonyl (C=O) groups excluding carboxylic acids is 2. The van der Waals surface area contributed by atoms with Crippen LogP contribution in [0.5, 0.6) is 0 Å². The van der Waals surface area contributed by atoms with Gasteiger partial charge in [0.05, 0.1) is 16.9 Å². The van der Waals surface area contributed by atoms with Crippen molar-refractivity contribution >= 4 is 28.9 Å². The Bertz CT molecular complexity index is 1060. The minimum absolute atomic E-state index is 0.0193. The van der Waals surface area contributed by atoms with Gasteiger partial charge < -0.3 is 20.4 Å². The zero-order valence-corrected chi connectivity index (χ0v) is 16.8. The summed E-state index contributed by atoms with van der Waals surface area (Å²) in [4.78, 5) is 32.4. The van der Waals surface area contributed by atoms with Gasteiger partial charge in [-0.3, -0.25) is 9.59 Å². The van der Waals surface area contributed by atoms with Crippen molar-refractivity contribution in [1.29, 1.82) is 0 Å². The molecule has 0 fully saturated rings. The second kappa shape index (κ2) is 8.92. The number of fused-ring (bicyclic) bond motifs is 1. The highest BCUT2D eigenvalue weighted by Gasteiger charge is 2.27. The molecule has 0 atom stereocenters. The topological polar surface area (TPSA) is 96.1 Å². The van der Waals surface area contributed by atoms with Crippen LogP contribution in [0.15, 0.2) is 48.7 Å². The number of Topliss-reactive ketones (excluding diaryl/α,β-unsaturated/α-hetero) is 1. The van der Waals surface area contributed by atoms with Gasteiger partial charge in [-0.25, -0.2) is 4.98 Å². The molecule has 2 heterocycles. The number of aromatic amines is 1. The molecule has 0 bridgehead atoms. The monoisotopic (exact) mass is 404 g/mol. The first-order chi connectivity index (χ1) is 14.7. The Labute approximate surface area is 174 Å². The third-order valence-corrected chi connectivity index (χ3v) is 4.98. The number of aromatic nitrogens is 2. The summed E-state index contributed by atoms with van der Waals surface area (Å²) in [6, 6.07) is 13.4. The Morgan fingerprint density at radius 1 is 1.20 bits per heavy atom. The van der Waals surface area contributed by atoms with E-state index in [9.17, 15) is 9.59 Å². The lowest BCUT2D eigenvalue weighted by Gasteiger charge is -2.14. The van der Waals surface area contributed by atoms with Crippen molar-refractivity contribution in [1.82, 2.24) is 9.97 Å². The quantitative estimate of drug-likeness (QED) is 0.545. The molecule has 1 aromatic carbocycles. The second-order valence-electron chi connectivity index (χ2n) is 7.11. The molecule has 0 unspecified atom stereocenters. The van der Waals surface area contributed by atoms with E-state index in [0.717, 1.165) is 46.7 Å². The maximum atomic E-state index is 12.7. The van der Waals surface area contributed by atoms with E-state index in [1.165, 1.54) is 0 Å². The van der Waals surface area contributed by atoms with Crippen LogP contribution in [0.3, 0.4) is 0 Å². The predicted molar refractivity (Wildman–Crippen MR) is 116 cm³/mol. The number of aryl methyl sites for hydroxylation is 1. The van der Waals surface area contributed by atoms with Gasteiger partial charge in [-0.15, -0.1) is 0 Å². The summed E-state index contributed by atoms with van der Waals surface area (Å²) < 4.78 is 5.14. The van der Waals surface area contributed by atoms with Crippen LogP contribution in [0.4, 0.5) is 17.2 Å². The number of benzene rings is 1. The number of ether oxygens (including phenoxy) is 1. The van der Waals surface area contributed by atoms with Crippen LogP contribution in [0, 0.1) is 0 Å². The Morgan fingerprint density at radius 2 is 2.03 bits per heavy atom. The zero-order chi connectivity index (χ0) is 20.9. The first-order valence-corrected chi connectivity index (χ1v) is 10.1. The molecule has 7 heteroatoms. The Balaban J connectivity index is 1.71. The largest absolute Gasteiger partial charge is 0.372 e. The number of hydrogen-bond donors (Lipinski definition) is 3. The van der Waals surface area contributed by atoms with Crippen LogP contribution < -0.4 is 10.6 Å². The molecule has 1 aliphatic rings. The average molecular weight is 404 g/mol. The average Bonchev–Trinajstić information content (AvgIpc) is 3.13. The minimum Gasteiger partial charge on any atom is -0.372 e. The number of anilines is 3. The van der Waals surface area contributed by atoms with Crippen LogP contribution in [0.2, 0.25) is 0 Å². The van der Waals surface area contributed by atoms with Crippen LogP contribution in [-0.2, 0) is 16.0 Å². The molecule has 0 radical (unpaired) electrons. The summed E-state index contributed by atoms with van der Waals surface area (Å²) in [7, 11) is 0. The van der Waals surface area contributed by atoms with E-state index in [1.54, 1.807) is 12.3 Å². The molecule has 1 aliphatic carbocycles. The molecule has 154 valence electrons. The molecular formula is C23H24N4O3. The summed E-state index contributed by atoms with van der Waals surface area (Å²) in [6.07, 6.45) is 3.85. The van der Waals surface area contributed by atoms with Crippen molar-refractivity contribution in [2.45, 2.75) is 26.2 Å². The fourth-order valence-corrected chi connectivity index (χ4v) is 3.63. The third-order valence-electron chi connectivity index (χ3n) is 4.98. The van der Waals surface area contributed by atoms with E-state index in [1.807, 2.05) is 43.3 Å². The normalized spacial score (nSPS) is 13.0. The van der Waals surface area contributed by atoms with E-state index < -0.39 is 0 Å². The van der Waals surface area contributed by atoms with Gasteiger partial charge in [0.2, 0.25) is 0 Å². The van der Waals surface area contributed by atoms with Crippen molar-refractivity contribution in [3.8, 4) is 11.3 Å². The molecule has 1 amide bonds. The smallest absolute Gasteiger partial charge is 0.251 e. The highest BCUT2D eigenvalue weighted by molar-refractivity contribution is 6.07. The number of carbonyl (C=O) groups is 2. The molecular weight excluding hydrogens is 380 g/mol. The molecule has 2 aromatic heterocycles. The third kappa shape index (κ3) is 4.26. The molecule has 0 aliphatic heterocycles. The van der Waals surface area contributed by atoms with Gasteiger partial charge in [0.25, 0.3) is 5.91 Å². The minimum atomic E-state index is -0.259. The fraction of sp³-hybridized carbons (Fsp3) is 0.261. The van der Waals surface area contributed by atoms with Crippen molar-refractivity contribution in [3.63, 3.8) is 0 Å². The van der Waals surface area contributed by atoms with Gasteiger partial charge in [0.15, 0.2) is 5.78 Å². The van der Waals surface area contributed by atoms with Gasteiger partial charge >= 0.3 is 0 Å². The Morgan fingerprint density at radius 3 is 2.83 bits per heavy atom. The summed E-state index contributed by atoms with van der Waals surface area (Å²) in [5, 5.41) is 6.17. The number of nitrogens with zero attached hydrogens (tertiary/aromatic N) is 1. The Kier molecular flexibility index (Phi) is 5.90. The summed E-state index contributed by atoms with van der Waals surface area (Å²) in [5.41, 5.74) is 4.97. The highest BCUT2D eigenvalue weighted by Crippen LogP contribution is 2.39. The number of para-hydroxylation sites is 1. The summed E-state index contributed by atoms with van der Waals surface area (Å²) in [5.74, 6) is 0.309. The van der Waals surface area contributed by atoms with Crippen molar-refractivity contribution in [2.75, 3.05) is 23.8 Å². The van der Waals surface area contributed by atoms with Gasteiger partial charge in [0.1, 0.15) is 12.4 Å². The molecule has 4 rings (SSSR count). The van der Waals surface area contributed by atoms with Crippen LogP contribution in [-0.4, -0.2) is 34.9 Å².